The first-order chi connectivity index (χ1) is 8.70. The fraction of sp³-hybridized carbons (Fsp3) is 0.250. The normalized spacial score (nSPS) is 10.7. The first-order valence-corrected chi connectivity index (χ1v) is 6.90. The molecular weight excluding hydrogens is 240 g/mol. The quantitative estimate of drug-likeness (QED) is 0.736. The predicted molar refractivity (Wildman–Crippen MR) is 78.3 cm³/mol. The summed E-state index contributed by atoms with van der Waals surface area (Å²) in [5.41, 5.74) is 2.15. The SMILES string of the molecule is COc1ccc[c]c1-c1ccc(SC(C)C)cc1. The number of methoxy groups -OCH3 is 1. The van der Waals surface area contributed by atoms with Gasteiger partial charge in [-0.2, -0.15) is 0 Å². The highest BCUT2D eigenvalue weighted by atomic mass is 32.2. The van der Waals surface area contributed by atoms with E-state index in [2.05, 4.69) is 44.2 Å². The van der Waals surface area contributed by atoms with Gasteiger partial charge in [0.15, 0.2) is 0 Å². The van der Waals surface area contributed by atoms with Gasteiger partial charge >= 0.3 is 0 Å². The van der Waals surface area contributed by atoms with E-state index >= 15 is 0 Å². The van der Waals surface area contributed by atoms with Crippen molar-refractivity contribution in [2.24, 2.45) is 0 Å². The van der Waals surface area contributed by atoms with E-state index in [-0.39, 0.29) is 0 Å². The molecule has 2 aromatic carbocycles. The van der Waals surface area contributed by atoms with Crippen LogP contribution in [0, 0.1) is 6.07 Å². The van der Waals surface area contributed by atoms with Crippen LogP contribution in [0.25, 0.3) is 11.1 Å². The first kappa shape index (κ1) is 13.0. The molecule has 93 valence electrons. The maximum atomic E-state index is 5.36. The molecule has 2 rings (SSSR count). The van der Waals surface area contributed by atoms with Gasteiger partial charge in [-0.3, -0.25) is 0 Å². The fourth-order valence-corrected chi connectivity index (χ4v) is 2.63. The van der Waals surface area contributed by atoms with E-state index in [1.54, 1.807) is 7.11 Å². The Balaban J connectivity index is 2.28. The molecule has 0 saturated heterocycles. The van der Waals surface area contributed by atoms with Crippen LogP contribution in [0.5, 0.6) is 5.75 Å². The summed E-state index contributed by atoms with van der Waals surface area (Å²) in [6.07, 6.45) is 0. The molecular formula is C16H17OS. The van der Waals surface area contributed by atoms with Gasteiger partial charge in [-0.05, 0) is 29.8 Å². The van der Waals surface area contributed by atoms with Gasteiger partial charge in [0, 0.05) is 15.7 Å². The minimum Gasteiger partial charge on any atom is -0.496 e. The van der Waals surface area contributed by atoms with Crippen LogP contribution in [0.3, 0.4) is 0 Å². The summed E-state index contributed by atoms with van der Waals surface area (Å²) in [5.74, 6) is 0.863. The van der Waals surface area contributed by atoms with Crippen molar-refractivity contribution in [3.05, 3.63) is 48.5 Å². The third-order valence-electron chi connectivity index (χ3n) is 2.55. The standard InChI is InChI=1S/C16H17OS/c1-12(2)18-14-10-8-13(9-11-14)15-6-4-5-7-16(15)17-3/h4-5,7-12H,1-3H3. The Hall–Kier alpha value is -1.41. The van der Waals surface area contributed by atoms with Crippen LogP contribution in [-0.2, 0) is 0 Å². The average Bonchev–Trinajstić information content (AvgIpc) is 2.39. The summed E-state index contributed by atoms with van der Waals surface area (Å²) >= 11 is 1.87. The zero-order chi connectivity index (χ0) is 13.0. The Morgan fingerprint density at radius 1 is 1.11 bits per heavy atom. The number of hydrogen-bond acceptors (Lipinski definition) is 2. The Morgan fingerprint density at radius 2 is 1.83 bits per heavy atom. The lowest BCUT2D eigenvalue weighted by Crippen LogP contribution is -1.88. The Morgan fingerprint density at radius 3 is 2.44 bits per heavy atom. The maximum Gasteiger partial charge on any atom is 0.127 e. The molecule has 0 amide bonds. The van der Waals surface area contributed by atoms with Crippen LogP contribution >= 0.6 is 11.8 Å². The van der Waals surface area contributed by atoms with Crippen LogP contribution in [0.1, 0.15) is 13.8 Å². The van der Waals surface area contributed by atoms with Crippen molar-refractivity contribution in [2.75, 3.05) is 7.11 Å². The molecule has 0 aliphatic carbocycles. The van der Waals surface area contributed by atoms with Gasteiger partial charge < -0.3 is 4.74 Å². The summed E-state index contributed by atoms with van der Waals surface area (Å²) in [6, 6.07) is 17.6. The number of ether oxygens (including phenoxy) is 1. The van der Waals surface area contributed by atoms with E-state index < -0.39 is 0 Å². The van der Waals surface area contributed by atoms with Crippen molar-refractivity contribution >= 4 is 11.8 Å². The molecule has 1 radical (unpaired) electrons. The van der Waals surface area contributed by atoms with E-state index in [1.165, 1.54) is 4.90 Å². The second kappa shape index (κ2) is 5.96. The van der Waals surface area contributed by atoms with E-state index in [4.69, 9.17) is 4.74 Å². The highest BCUT2D eigenvalue weighted by Gasteiger charge is 2.05. The molecule has 0 unspecified atom stereocenters. The average molecular weight is 257 g/mol. The number of rotatable bonds is 4. The smallest absolute Gasteiger partial charge is 0.127 e. The zero-order valence-electron chi connectivity index (χ0n) is 10.9. The second-order valence-corrected chi connectivity index (χ2v) is 5.95. The summed E-state index contributed by atoms with van der Waals surface area (Å²) in [7, 11) is 1.69. The third-order valence-corrected chi connectivity index (χ3v) is 3.57. The molecule has 0 N–H and O–H groups in total. The van der Waals surface area contributed by atoms with E-state index in [9.17, 15) is 0 Å². The third kappa shape index (κ3) is 3.08. The van der Waals surface area contributed by atoms with Gasteiger partial charge in [-0.15, -0.1) is 11.8 Å². The zero-order valence-corrected chi connectivity index (χ0v) is 11.8. The Bertz CT molecular complexity index is 503. The Labute approximate surface area is 113 Å². The predicted octanol–water partition coefficient (Wildman–Crippen LogP) is 4.66. The largest absolute Gasteiger partial charge is 0.496 e. The lowest BCUT2D eigenvalue weighted by atomic mass is 10.1. The fourth-order valence-electron chi connectivity index (χ4n) is 1.79. The van der Waals surface area contributed by atoms with Crippen molar-refractivity contribution in [1.82, 2.24) is 0 Å². The second-order valence-electron chi connectivity index (χ2n) is 4.30. The van der Waals surface area contributed by atoms with Gasteiger partial charge in [0.05, 0.1) is 7.11 Å². The molecule has 1 nitrogen and oxygen atoms in total. The Kier molecular flexibility index (Phi) is 4.32. The highest BCUT2D eigenvalue weighted by molar-refractivity contribution is 7.99. The van der Waals surface area contributed by atoms with Gasteiger partial charge in [0.1, 0.15) is 5.75 Å². The molecule has 0 bridgehead atoms. The topological polar surface area (TPSA) is 9.23 Å². The lowest BCUT2D eigenvalue weighted by Gasteiger charge is -2.09. The molecule has 0 fully saturated rings. The van der Waals surface area contributed by atoms with Crippen molar-refractivity contribution < 1.29 is 4.74 Å². The summed E-state index contributed by atoms with van der Waals surface area (Å²) in [5, 5.41) is 0.605. The monoisotopic (exact) mass is 257 g/mol. The molecule has 0 aliphatic rings. The first-order valence-electron chi connectivity index (χ1n) is 6.02. The van der Waals surface area contributed by atoms with Gasteiger partial charge in [-0.1, -0.05) is 38.1 Å². The number of thioether (sulfide) groups is 1. The van der Waals surface area contributed by atoms with Crippen LogP contribution in [0.4, 0.5) is 0 Å². The lowest BCUT2D eigenvalue weighted by molar-refractivity contribution is 0.416. The van der Waals surface area contributed by atoms with Gasteiger partial charge in [0.25, 0.3) is 0 Å². The molecule has 2 aromatic rings. The minimum absolute atomic E-state index is 0.605. The van der Waals surface area contributed by atoms with Crippen LogP contribution in [-0.4, -0.2) is 12.4 Å². The molecule has 0 atom stereocenters. The van der Waals surface area contributed by atoms with Crippen molar-refractivity contribution in [2.45, 2.75) is 24.0 Å². The van der Waals surface area contributed by atoms with E-state index in [0.717, 1.165) is 16.9 Å². The molecule has 18 heavy (non-hydrogen) atoms. The van der Waals surface area contributed by atoms with E-state index in [1.807, 2.05) is 30.0 Å². The van der Waals surface area contributed by atoms with Gasteiger partial charge in [0.2, 0.25) is 0 Å². The highest BCUT2D eigenvalue weighted by Crippen LogP contribution is 2.31. The molecule has 0 aliphatic heterocycles. The molecule has 0 saturated carbocycles. The van der Waals surface area contributed by atoms with Gasteiger partial charge in [-0.25, -0.2) is 0 Å². The van der Waals surface area contributed by atoms with Crippen molar-refractivity contribution in [3.63, 3.8) is 0 Å². The molecule has 0 heterocycles. The number of hydrogen-bond donors (Lipinski definition) is 0. The summed E-state index contributed by atoms with van der Waals surface area (Å²) < 4.78 is 5.36. The molecule has 0 aromatic heterocycles. The molecule has 2 heteroatoms. The summed E-state index contributed by atoms with van der Waals surface area (Å²) in [4.78, 5) is 1.30. The van der Waals surface area contributed by atoms with Crippen molar-refractivity contribution in [1.29, 1.82) is 0 Å². The van der Waals surface area contributed by atoms with Crippen molar-refractivity contribution in [3.8, 4) is 16.9 Å². The number of benzene rings is 2. The van der Waals surface area contributed by atoms with E-state index in [0.29, 0.717) is 5.25 Å². The van der Waals surface area contributed by atoms with Crippen LogP contribution in [0.2, 0.25) is 0 Å². The summed E-state index contributed by atoms with van der Waals surface area (Å²) in [6.45, 7) is 4.40. The van der Waals surface area contributed by atoms with Crippen LogP contribution < -0.4 is 4.74 Å². The minimum atomic E-state index is 0.605. The maximum absolute atomic E-state index is 5.36. The van der Waals surface area contributed by atoms with Crippen LogP contribution in [0.15, 0.2) is 47.4 Å². The molecule has 0 spiro atoms.